The van der Waals surface area contributed by atoms with Crippen molar-refractivity contribution in [2.45, 2.75) is 56.8 Å². The molecule has 2 aliphatic rings. The molecule has 2 saturated heterocycles. The van der Waals surface area contributed by atoms with Crippen molar-refractivity contribution < 1.29 is 5.11 Å². The van der Waals surface area contributed by atoms with Crippen molar-refractivity contribution in [3.05, 3.63) is 22.5 Å². The van der Waals surface area contributed by atoms with Crippen molar-refractivity contribution >= 4 is 49.8 Å². The molecule has 5 heterocycles. The Morgan fingerprint density at radius 2 is 2.10 bits per heavy atom. The minimum atomic E-state index is -0.0147. The Labute approximate surface area is 182 Å². The van der Waals surface area contributed by atoms with Crippen LogP contribution < -0.4 is 10.6 Å². The number of aliphatic hydroxyl groups excluding tert-OH is 1. The fraction of sp³-hybridized carbons (Fsp3) is 0.500. The highest BCUT2D eigenvalue weighted by atomic mass is 32.1. The summed E-state index contributed by atoms with van der Waals surface area (Å²) in [6.07, 6.45) is 6.82. The quantitative estimate of drug-likeness (QED) is 0.509. The fourth-order valence-corrected chi connectivity index (χ4v) is 6.11. The zero-order valence-corrected chi connectivity index (χ0v) is 18.0. The number of nitrogens with zero attached hydrogens (tertiary/aromatic N) is 5. The Balaban J connectivity index is 1.33. The van der Waals surface area contributed by atoms with Crippen LogP contribution in [0.4, 0.5) is 16.9 Å². The molecule has 2 fully saturated rings. The summed E-state index contributed by atoms with van der Waals surface area (Å²) in [6.45, 7) is 0.868. The number of aliphatic hydroxyl groups is 1. The first-order valence-electron chi connectivity index (χ1n) is 10.2. The molecule has 10 heteroatoms. The number of fused-ring (bicyclic) bond motifs is 3. The Morgan fingerprint density at radius 3 is 2.83 bits per heavy atom. The van der Waals surface area contributed by atoms with Gasteiger partial charge in [0.1, 0.15) is 10.6 Å². The first-order valence-corrected chi connectivity index (χ1v) is 11.9. The number of nitrogens with one attached hydrogen (secondary N) is 2. The SMILES string of the molecule is N#CCCN1C2CCC1CC(Nc1nc(Nc3ncc(CO)s3)c3ccsc3n1)C2. The molecule has 0 radical (unpaired) electrons. The average Bonchev–Trinajstić information content (AvgIpc) is 3.45. The third kappa shape index (κ3) is 3.86. The van der Waals surface area contributed by atoms with E-state index < -0.39 is 0 Å². The fourth-order valence-electron chi connectivity index (χ4n) is 4.67. The molecule has 2 atom stereocenters. The van der Waals surface area contributed by atoms with Gasteiger partial charge in [0.05, 0.1) is 22.9 Å². The highest BCUT2D eigenvalue weighted by Crippen LogP contribution is 2.37. The van der Waals surface area contributed by atoms with Gasteiger partial charge in [-0.05, 0) is 37.1 Å². The summed E-state index contributed by atoms with van der Waals surface area (Å²) in [6, 6.07) is 5.73. The Kier molecular flexibility index (Phi) is 5.52. The summed E-state index contributed by atoms with van der Waals surface area (Å²) in [5, 5.41) is 28.8. The Bertz CT molecular complexity index is 1060. The summed E-state index contributed by atoms with van der Waals surface area (Å²) in [5.41, 5.74) is 0. The lowest BCUT2D eigenvalue weighted by Crippen LogP contribution is -2.47. The molecule has 0 aliphatic carbocycles. The lowest BCUT2D eigenvalue weighted by atomic mass is 9.97. The molecule has 3 N–H and O–H groups in total. The van der Waals surface area contributed by atoms with E-state index >= 15 is 0 Å². The van der Waals surface area contributed by atoms with E-state index in [9.17, 15) is 5.11 Å². The van der Waals surface area contributed by atoms with Gasteiger partial charge < -0.3 is 15.7 Å². The topological polar surface area (TPSA) is 110 Å². The van der Waals surface area contributed by atoms with E-state index in [1.165, 1.54) is 24.2 Å². The zero-order chi connectivity index (χ0) is 20.5. The van der Waals surface area contributed by atoms with Crippen molar-refractivity contribution in [3.8, 4) is 6.07 Å². The highest BCUT2D eigenvalue weighted by molar-refractivity contribution is 7.17. The molecule has 3 aromatic rings. The zero-order valence-electron chi connectivity index (χ0n) is 16.4. The molecule has 2 unspecified atom stereocenters. The van der Waals surface area contributed by atoms with Gasteiger partial charge in [-0.25, -0.2) is 9.97 Å². The molecule has 30 heavy (non-hydrogen) atoms. The monoisotopic (exact) mass is 441 g/mol. The Morgan fingerprint density at radius 1 is 1.27 bits per heavy atom. The third-order valence-electron chi connectivity index (χ3n) is 5.96. The van der Waals surface area contributed by atoms with Crippen LogP contribution in [-0.2, 0) is 6.61 Å². The predicted molar refractivity (Wildman–Crippen MR) is 119 cm³/mol. The normalized spacial score (nSPS) is 23.5. The van der Waals surface area contributed by atoms with Gasteiger partial charge in [0.15, 0.2) is 5.13 Å². The molecule has 0 aromatic carbocycles. The third-order valence-corrected chi connectivity index (χ3v) is 7.66. The lowest BCUT2D eigenvalue weighted by molar-refractivity contribution is 0.135. The van der Waals surface area contributed by atoms with Gasteiger partial charge in [0, 0.05) is 37.3 Å². The van der Waals surface area contributed by atoms with Gasteiger partial charge in [-0.1, -0.05) is 11.3 Å². The molecule has 5 rings (SSSR count). The molecular weight excluding hydrogens is 418 g/mol. The second kappa shape index (κ2) is 8.43. The van der Waals surface area contributed by atoms with E-state index in [-0.39, 0.29) is 6.61 Å². The average molecular weight is 442 g/mol. The van der Waals surface area contributed by atoms with Gasteiger partial charge in [0.2, 0.25) is 5.95 Å². The summed E-state index contributed by atoms with van der Waals surface area (Å²) in [7, 11) is 0. The summed E-state index contributed by atoms with van der Waals surface area (Å²) in [4.78, 5) is 18.1. The van der Waals surface area contributed by atoms with Gasteiger partial charge in [-0.2, -0.15) is 10.2 Å². The van der Waals surface area contributed by atoms with Crippen molar-refractivity contribution in [2.24, 2.45) is 0 Å². The van der Waals surface area contributed by atoms with Crippen molar-refractivity contribution in [3.63, 3.8) is 0 Å². The number of nitriles is 1. The first-order chi connectivity index (χ1) is 14.7. The van der Waals surface area contributed by atoms with Crippen LogP contribution in [0.2, 0.25) is 0 Å². The largest absolute Gasteiger partial charge is 0.391 e. The van der Waals surface area contributed by atoms with Crippen LogP contribution >= 0.6 is 22.7 Å². The predicted octanol–water partition coefficient (Wildman–Crippen LogP) is 3.70. The second-order valence-corrected chi connectivity index (χ2v) is 9.80. The minimum absolute atomic E-state index is 0.0147. The van der Waals surface area contributed by atoms with Gasteiger partial charge in [-0.3, -0.25) is 4.90 Å². The van der Waals surface area contributed by atoms with E-state index in [1.807, 2.05) is 11.4 Å². The summed E-state index contributed by atoms with van der Waals surface area (Å²) in [5.74, 6) is 1.37. The number of piperidine rings is 1. The molecule has 8 nitrogen and oxygen atoms in total. The van der Waals surface area contributed by atoms with E-state index in [0.717, 1.165) is 40.3 Å². The number of thiazole rings is 1. The number of rotatable bonds is 7. The smallest absolute Gasteiger partial charge is 0.226 e. The van der Waals surface area contributed by atoms with Gasteiger partial charge in [0.25, 0.3) is 0 Å². The van der Waals surface area contributed by atoms with Crippen molar-refractivity contribution in [1.29, 1.82) is 5.26 Å². The van der Waals surface area contributed by atoms with Crippen LogP contribution in [0.3, 0.4) is 0 Å². The maximum absolute atomic E-state index is 9.29. The van der Waals surface area contributed by atoms with Crippen molar-refractivity contribution in [2.75, 3.05) is 17.2 Å². The standard InChI is InChI=1S/C20H23N7OS2/c21-5-1-6-27-13-2-3-14(27)9-12(8-13)23-19-24-17(16-4-7-29-18(16)26-19)25-20-22-10-15(11-28)30-20/h4,7,10,12-14,28H,1-3,6,8-9,11H2,(H2,22,23,24,25,26). The van der Waals surface area contributed by atoms with Crippen LogP contribution in [0.25, 0.3) is 10.2 Å². The number of hydrogen-bond donors (Lipinski definition) is 3. The van der Waals surface area contributed by atoms with E-state index in [4.69, 9.17) is 15.2 Å². The second-order valence-electron chi connectivity index (χ2n) is 7.79. The van der Waals surface area contributed by atoms with Crippen LogP contribution in [0.15, 0.2) is 17.6 Å². The summed E-state index contributed by atoms with van der Waals surface area (Å²) >= 11 is 3.01. The highest BCUT2D eigenvalue weighted by Gasteiger charge is 2.40. The van der Waals surface area contributed by atoms with Crippen LogP contribution in [-0.4, -0.2) is 49.6 Å². The van der Waals surface area contributed by atoms with Crippen LogP contribution in [0, 0.1) is 11.3 Å². The van der Waals surface area contributed by atoms with E-state index in [1.54, 1.807) is 17.5 Å². The Hall–Kier alpha value is -2.32. The molecule has 2 bridgehead atoms. The van der Waals surface area contributed by atoms with Gasteiger partial charge in [-0.15, -0.1) is 11.3 Å². The maximum Gasteiger partial charge on any atom is 0.226 e. The van der Waals surface area contributed by atoms with Gasteiger partial charge >= 0.3 is 0 Å². The van der Waals surface area contributed by atoms with Crippen LogP contribution in [0.1, 0.15) is 37.0 Å². The van der Waals surface area contributed by atoms with E-state index in [2.05, 4.69) is 26.6 Å². The molecule has 2 aliphatic heterocycles. The van der Waals surface area contributed by atoms with Crippen molar-refractivity contribution in [1.82, 2.24) is 19.9 Å². The molecule has 3 aromatic heterocycles. The molecular formula is C20H23N7OS2. The molecule has 0 amide bonds. The lowest BCUT2D eigenvalue weighted by Gasteiger charge is -2.38. The molecule has 0 saturated carbocycles. The van der Waals surface area contributed by atoms with Crippen LogP contribution in [0.5, 0.6) is 0 Å². The number of aromatic nitrogens is 3. The number of hydrogen-bond acceptors (Lipinski definition) is 10. The molecule has 156 valence electrons. The number of thiophene rings is 1. The first kappa shape index (κ1) is 19.6. The number of anilines is 3. The maximum atomic E-state index is 9.29. The van der Waals surface area contributed by atoms with E-state index in [0.29, 0.717) is 35.6 Å². The summed E-state index contributed by atoms with van der Waals surface area (Å²) < 4.78 is 0. The molecule has 0 spiro atoms. The minimum Gasteiger partial charge on any atom is -0.391 e.